The van der Waals surface area contributed by atoms with E-state index in [1.165, 1.54) is 6.42 Å². The average molecular weight is 260 g/mol. The number of nitrogens with zero attached hydrogens (tertiary/aromatic N) is 3. The van der Waals surface area contributed by atoms with E-state index in [-0.39, 0.29) is 0 Å². The van der Waals surface area contributed by atoms with Crippen molar-refractivity contribution in [1.29, 1.82) is 5.26 Å². The van der Waals surface area contributed by atoms with Gasteiger partial charge in [-0.15, -0.1) is 5.10 Å². The van der Waals surface area contributed by atoms with Gasteiger partial charge in [-0.05, 0) is 32.3 Å². The summed E-state index contributed by atoms with van der Waals surface area (Å²) in [7, 11) is 0. The minimum Gasteiger partial charge on any atom is -0.388 e. The maximum Gasteiger partial charge on any atom is 0.167 e. The lowest BCUT2D eigenvalue weighted by molar-refractivity contribution is 0.0166. The predicted molar refractivity (Wildman–Crippen MR) is 72.7 cm³/mol. The third kappa shape index (κ3) is 3.02. The fraction of sp³-hybridized carbons (Fsp3) is 0.643. The zero-order chi connectivity index (χ0) is 13.9. The Morgan fingerprint density at radius 3 is 2.58 bits per heavy atom. The van der Waals surface area contributed by atoms with Crippen molar-refractivity contribution < 1.29 is 5.11 Å². The van der Waals surface area contributed by atoms with Crippen molar-refractivity contribution in [2.45, 2.75) is 51.6 Å². The molecule has 0 bridgehead atoms. The predicted octanol–water partition coefficient (Wildman–Crippen LogP) is 2.07. The lowest BCUT2D eigenvalue weighted by Crippen LogP contribution is -2.39. The second-order valence-corrected chi connectivity index (χ2v) is 5.38. The van der Waals surface area contributed by atoms with Gasteiger partial charge in [-0.1, -0.05) is 19.3 Å². The molecule has 0 aromatic carbocycles. The van der Waals surface area contributed by atoms with Crippen molar-refractivity contribution in [3.05, 3.63) is 16.8 Å². The molecule has 0 saturated heterocycles. The van der Waals surface area contributed by atoms with Crippen molar-refractivity contribution >= 4 is 5.82 Å². The second-order valence-electron chi connectivity index (χ2n) is 5.38. The number of aromatic nitrogens is 2. The van der Waals surface area contributed by atoms with Gasteiger partial charge in [-0.25, -0.2) is 0 Å². The van der Waals surface area contributed by atoms with E-state index >= 15 is 0 Å². The highest BCUT2D eigenvalue weighted by molar-refractivity contribution is 5.55. The van der Waals surface area contributed by atoms with Gasteiger partial charge in [-0.3, -0.25) is 0 Å². The molecule has 1 aromatic rings. The molecule has 1 fully saturated rings. The topological polar surface area (TPSA) is 81.8 Å². The van der Waals surface area contributed by atoms with E-state index in [0.29, 0.717) is 17.9 Å². The van der Waals surface area contributed by atoms with Crippen LogP contribution in [0, 0.1) is 25.2 Å². The summed E-state index contributed by atoms with van der Waals surface area (Å²) in [6.07, 6.45) is 4.92. The monoisotopic (exact) mass is 260 g/mol. The number of rotatable bonds is 3. The molecule has 0 atom stereocenters. The summed E-state index contributed by atoms with van der Waals surface area (Å²) in [5, 5.41) is 30.8. The van der Waals surface area contributed by atoms with Gasteiger partial charge in [0.25, 0.3) is 0 Å². The number of nitriles is 1. The van der Waals surface area contributed by atoms with Crippen LogP contribution in [0.25, 0.3) is 0 Å². The van der Waals surface area contributed by atoms with Gasteiger partial charge < -0.3 is 10.4 Å². The first-order valence-corrected chi connectivity index (χ1v) is 6.76. The molecule has 0 amide bonds. The molecule has 5 heteroatoms. The Morgan fingerprint density at radius 1 is 1.26 bits per heavy atom. The van der Waals surface area contributed by atoms with E-state index in [9.17, 15) is 10.4 Å². The number of aryl methyl sites for hydroxylation is 1. The molecule has 1 heterocycles. The number of hydrogen-bond donors (Lipinski definition) is 2. The Bertz CT molecular complexity index is 501. The summed E-state index contributed by atoms with van der Waals surface area (Å²) in [6, 6.07) is 2.16. The molecular weight excluding hydrogens is 240 g/mol. The third-order valence-corrected chi connectivity index (χ3v) is 3.94. The van der Waals surface area contributed by atoms with Crippen molar-refractivity contribution in [3.8, 4) is 6.07 Å². The Kier molecular flexibility index (Phi) is 4.01. The largest absolute Gasteiger partial charge is 0.388 e. The van der Waals surface area contributed by atoms with Crippen LogP contribution in [0.2, 0.25) is 0 Å². The van der Waals surface area contributed by atoms with E-state index in [1.807, 2.05) is 13.8 Å². The molecule has 19 heavy (non-hydrogen) atoms. The van der Waals surface area contributed by atoms with Gasteiger partial charge in [0.05, 0.1) is 11.3 Å². The van der Waals surface area contributed by atoms with Crippen molar-refractivity contribution in [2.24, 2.45) is 0 Å². The Balaban J connectivity index is 2.12. The van der Waals surface area contributed by atoms with Gasteiger partial charge >= 0.3 is 0 Å². The molecule has 1 aliphatic carbocycles. The van der Waals surface area contributed by atoms with Crippen LogP contribution in [0.5, 0.6) is 0 Å². The first-order valence-electron chi connectivity index (χ1n) is 6.76. The van der Waals surface area contributed by atoms with Crippen LogP contribution in [0.1, 0.15) is 48.9 Å². The molecule has 0 unspecified atom stereocenters. The highest BCUT2D eigenvalue weighted by atomic mass is 16.3. The number of hydrogen-bond acceptors (Lipinski definition) is 5. The SMILES string of the molecule is Cc1nnc(NCC2(O)CCCCC2)c(C#N)c1C. The van der Waals surface area contributed by atoms with E-state index in [2.05, 4.69) is 21.6 Å². The zero-order valence-corrected chi connectivity index (χ0v) is 11.5. The van der Waals surface area contributed by atoms with Gasteiger partial charge in [0.2, 0.25) is 0 Å². The van der Waals surface area contributed by atoms with E-state index in [1.54, 1.807) is 0 Å². The number of anilines is 1. The van der Waals surface area contributed by atoms with Crippen molar-refractivity contribution in [1.82, 2.24) is 10.2 Å². The van der Waals surface area contributed by atoms with Crippen molar-refractivity contribution in [2.75, 3.05) is 11.9 Å². The van der Waals surface area contributed by atoms with Gasteiger partial charge in [0.1, 0.15) is 11.6 Å². The Hall–Kier alpha value is -1.67. The highest BCUT2D eigenvalue weighted by Gasteiger charge is 2.29. The molecule has 1 aromatic heterocycles. The van der Waals surface area contributed by atoms with E-state index in [0.717, 1.165) is 36.9 Å². The maximum absolute atomic E-state index is 10.4. The van der Waals surface area contributed by atoms with Gasteiger partial charge in [0.15, 0.2) is 5.82 Å². The molecule has 0 aliphatic heterocycles. The summed E-state index contributed by atoms with van der Waals surface area (Å²) >= 11 is 0. The van der Waals surface area contributed by atoms with E-state index < -0.39 is 5.60 Å². The molecule has 102 valence electrons. The molecule has 0 radical (unpaired) electrons. The van der Waals surface area contributed by atoms with Crippen LogP contribution in [0.4, 0.5) is 5.82 Å². The summed E-state index contributed by atoms with van der Waals surface area (Å²) in [6.45, 7) is 4.13. The molecule has 2 rings (SSSR count). The Labute approximate surface area is 113 Å². The molecule has 0 spiro atoms. The molecule has 5 nitrogen and oxygen atoms in total. The van der Waals surface area contributed by atoms with Crippen LogP contribution >= 0.6 is 0 Å². The lowest BCUT2D eigenvalue weighted by Gasteiger charge is -2.32. The smallest absolute Gasteiger partial charge is 0.167 e. The number of nitrogens with one attached hydrogen (secondary N) is 1. The summed E-state index contributed by atoms with van der Waals surface area (Å²) in [4.78, 5) is 0. The Morgan fingerprint density at radius 2 is 1.95 bits per heavy atom. The standard InChI is InChI=1S/C14H20N4O/c1-10-11(2)17-18-13(12(10)8-15)16-9-14(19)6-4-3-5-7-14/h19H,3-7,9H2,1-2H3,(H,16,18). The summed E-state index contributed by atoms with van der Waals surface area (Å²) in [5.41, 5.74) is 1.45. The highest BCUT2D eigenvalue weighted by Crippen LogP contribution is 2.28. The molecule has 2 N–H and O–H groups in total. The summed E-state index contributed by atoms with van der Waals surface area (Å²) < 4.78 is 0. The molecule has 1 aliphatic rings. The first-order chi connectivity index (χ1) is 9.06. The summed E-state index contributed by atoms with van der Waals surface area (Å²) in [5.74, 6) is 0.476. The molecular formula is C14H20N4O. The first kappa shape index (κ1) is 13.8. The van der Waals surface area contributed by atoms with E-state index in [4.69, 9.17) is 0 Å². The average Bonchev–Trinajstić information content (AvgIpc) is 2.41. The van der Waals surface area contributed by atoms with Crippen molar-refractivity contribution in [3.63, 3.8) is 0 Å². The quantitative estimate of drug-likeness (QED) is 0.869. The number of aliphatic hydroxyl groups is 1. The zero-order valence-electron chi connectivity index (χ0n) is 11.5. The van der Waals surface area contributed by atoms with Gasteiger partial charge in [-0.2, -0.15) is 10.4 Å². The third-order valence-electron chi connectivity index (χ3n) is 3.94. The van der Waals surface area contributed by atoms with Crippen LogP contribution in [0.15, 0.2) is 0 Å². The fourth-order valence-corrected chi connectivity index (χ4v) is 2.50. The second kappa shape index (κ2) is 5.54. The van der Waals surface area contributed by atoms with Crippen LogP contribution < -0.4 is 5.32 Å². The molecule has 1 saturated carbocycles. The lowest BCUT2D eigenvalue weighted by atomic mass is 9.85. The minimum atomic E-state index is -0.675. The maximum atomic E-state index is 10.4. The van der Waals surface area contributed by atoms with Crippen LogP contribution in [0.3, 0.4) is 0 Å². The van der Waals surface area contributed by atoms with Gasteiger partial charge in [0, 0.05) is 6.54 Å². The van der Waals surface area contributed by atoms with Crippen LogP contribution in [-0.4, -0.2) is 27.4 Å². The minimum absolute atomic E-state index is 0.429. The van der Waals surface area contributed by atoms with Crippen LogP contribution in [-0.2, 0) is 0 Å². The fourth-order valence-electron chi connectivity index (χ4n) is 2.50. The normalized spacial score (nSPS) is 17.8.